The second-order valence-electron chi connectivity index (χ2n) is 6.43. The van der Waals surface area contributed by atoms with Crippen molar-refractivity contribution in [2.75, 3.05) is 13.2 Å². The van der Waals surface area contributed by atoms with Gasteiger partial charge in [0, 0.05) is 16.1 Å². The summed E-state index contributed by atoms with van der Waals surface area (Å²) in [5, 5.41) is 12.3. The largest absolute Gasteiger partial charge is 0.483 e. The maximum Gasteiger partial charge on any atom is 0.338 e. The first-order valence-corrected chi connectivity index (χ1v) is 10.8. The lowest BCUT2D eigenvalue weighted by atomic mass is 9.95. The molecule has 2 heterocycles. The van der Waals surface area contributed by atoms with E-state index in [9.17, 15) is 9.59 Å². The zero-order chi connectivity index (χ0) is 22.2. The maximum atomic E-state index is 12.6. The molecule has 3 N–H and O–H groups in total. The van der Waals surface area contributed by atoms with Crippen molar-refractivity contribution in [3.05, 3.63) is 63.5 Å². The number of nitrogens with zero attached hydrogens (tertiary/aromatic N) is 1. The molecule has 1 aromatic heterocycles. The van der Waals surface area contributed by atoms with E-state index in [0.29, 0.717) is 27.7 Å². The molecule has 8 nitrogen and oxygen atoms in total. The maximum absolute atomic E-state index is 12.6. The zero-order valence-electron chi connectivity index (χ0n) is 17.0. The predicted octanol–water partition coefficient (Wildman–Crippen LogP) is 2.63. The number of carbonyl (C=O) groups is 2. The smallest absolute Gasteiger partial charge is 0.338 e. The van der Waals surface area contributed by atoms with Gasteiger partial charge >= 0.3 is 5.97 Å². The quantitative estimate of drug-likeness (QED) is 0.242. The number of allylic oxidation sites excluding steroid dienone is 1. The molecular weight excluding hydrogens is 436 g/mol. The third-order valence-electron chi connectivity index (χ3n) is 4.28. The van der Waals surface area contributed by atoms with Crippen molar-refractivity contribution < 1.29 is 19.1 Å². The van der Waals surface area contributed by atoms with Crippen LogP contribution in [-0.4, -0.2) is 36.4 Å². The minimum atomic E-state index is -0.580. The van der Waals surface area contributed by atoms with E-state index in [1.54, 1.807) is 38.3 Å². The van der Waals surface area contributed by atoms with Crippen LogP contribution in [0.3, 0.4) is 0 Å². The Morgan fingerprint density at radius 1 is 1.29 bits per heavy atom. The summed E-state index contributed by atoms with van der Waals surface area (Å²) in [6.07, 6.45) is 1.57. The first kappa shape index (κ1) is 22.4. The second-order valence-corrected chi connectivity index (χ2v) is 7.81. The molecule has 162 valence electrons. The number of hydrogen-bond donors (Lipinski definition) is 3. The standard InChI is InChI=1S/C21H22N4O4S2/c1-3-28-20(27)18-13(2)23-21(30)24-19(18)15-8-4-5-9-16(15)29-12-17(26)25-22-11-14-7-6-10-31-14/h4-11,19H,3,12H2,1-2H3,(H,25,26)(H2,23,24,30)/t19-/m0/s1. The van der Waals surface area contributed by atoms with Gasteiger partial charge < -0.3 is 20.1 Å². The van der Waals surface area contributed by atoms with Gasteiger partial charge in [0.15, 0.2) is 11.7 Å². The Balaban J connectivity index is 1.74. The minimum absolute atomic E-state index is 0.244. The minimum Gasteiger partial charge on any atom is -0.483 e. The van der Waals surface area contributed by atoms with Crippen LogP contribution in [0.4, 0.5) is 0 Å². The number of amides is 1. The molecular formula is C21H22N4O4S2. The number of ether oxygens (including phenoxy) is 2. The summed E-state index contributed by atoms with van der Waals surface area (Å²) >= 11 is 6.78. The van der Waals surface area contributed by atoms with Crippen molar-refractivity contribution in [1.29, 1.82) is 0 Å². The Hall–Kier alpha value is -3.24. The summed E-state index contributed by atoms with van der Waals surface area (Å²) in [6.45, 7) is 3.51. The summed E-state index contributed by atoms with van der Waals surface area (Å²) in [6, 6.07) is 10.3. The van der Waals surface area contributed by atoms with Gasteiger partial charge in [-0.1, -0.05) is 24.3 Å². The van der Waals surface area contributed by atoms with Crippen molar-refractivity contribution in [2.45, 2.75) is 19.9 Å². The summed E-state index contributed by atoms with van der Waals surface area (Å²) in [5.74, 6) is -0.423. The molecule has 10 heteroatoms. The summed E-state index contributed by atoms with van der Waals surface area (Å²) in [5.41, 5.74) is 4.09. The van der Waals surface area contributed by atoms with Gasteiger partial charge in [0.2, 0.25) is 0 Å². The molecule has 0 unspecified atom stereocenters. The first-order valence-electron chi connectivity index (χ1n) is 9.52. The van der Waals surface area contributed by atoms with Gasteiger partial charge in [-0.15, -0.1) is 11.3 Å². The normalized spacial score (nSPS) is 15.9. The van der Waals surface area contributed by atoms with Gasteiger partial charge in [0.25, 0.3) is 5.91 Å². The molecule has 1 aliphatic heterocycles. The molecule has 1 aliphatic rings. The van der Waals surface area contributed by atoms with E-state index in [1.807, 2.05) is 23.6 Å². The van der Waals surface area contributed by atoms with Gasteiger partial charge in [-0.2, -0.15) is 5.10 Å². The average Bonchev–Trinajstić information content (AvgIpc) is 3.25. The van der Waals surface area contributed by atoms with Crippen LogP contribution < -0.4 is 20.8 Å². The van der Waals surface area contributed by atoms with E-state index in [-0.39, 0.29) is 13.2 Å². The predicted molar refractivity (Wildman–Crippen MR) is 123 cm³/mol. The average molecular weight is 459 g/mol. The molecule has 0 radical (unpaired) electrons. The van der Waals surface area contributed by atoms with Crippen LogP contribution in [0.15, 0.2) is 58.1 Å². The number of rotatable bonds is 8. The van der Waals surface area contributed by atoms with Crippen molar-refractivity contribution in [3.63, 3.8) is 0 Å². The van der Waals surface area contributed by atoms with Gasteiger partial charge in [-0.25, -0.2) is 10.2 Å². The molecule has 3 rings (SSSR count). The highest BCUT2D eigenvalue weighted by Crippen LogP contribution is 2.33. The number of nitrogens with one attached hydrogen (secondary N) is 3. The second kappa shape index (κ2) is 10.7. The number of thiophene rings is 1. The fraction of sp³-hybridized carbons (Fsp3) is 0.238. The highest BCUT2D eigenvalue weighted by molar-refractivity contribution is 7.80. The lowest BCUT2D eigenvalue weighted by Crippen LogP contribution is -2.45. The summed E-state index contributed by atoms with van der Waals surface area (Å²) < 4.78 is 10.9. The first-order chi connectivity index (χ1) is 15.0. The molecule has 0 bridgehead atoms. The van der Waals surface area contributed by atoms with Crippen LogP contribution in [0.1, 0.15) is 30.3 Å². The molecule has 2 aromatic rings. The van der Waals surface area contributed by atoms with Crippen molar-refractivity contribution >= 4 is 46.8 Å². The van der Waals surface area contributed by atoms with Crippen molar-refractivity contribution in [2.24, 2.45) is 5.10 Å². The Morgan fingerprint density at radius 2 is 2.10 bits per heavy atom. The lowest BCUT2D eigenvalue weighted by molar-refractivity contribution is -0.139. The number of hydrazone groups is 1. The van der Waals surface area contributed by atoms with E-state index in [4.69, 9.17) is 21.7 Å². The Morgan fingerprint density at radius 3 is 2.84 bits per heavy atom. The summed E-state index contributed by atoms with van der Waals surface area (Å²) in [7, 11) is 0. The Bertz CT molecular complexity index is 1020. The van der Waals surface area contributed by atoms with E-state index in [2.05, 4.69) is 21.2 Å². The van der Waals surface area contributed by atoms with Gasteiger partial charge in [0.1, 0.15) is 5.75 Å². The third kappa shape index (κ3) is 5.89. The van der Waals surface area contributed by atoms with E-state index >= 15 is 0 Å². The van der Waals surface area contributed by atoms with Crippen LogP contribution >= 0.6 is 23.6 Å². The SMILES string of the molecule is CCOC(=O)C1=C(C)NC(=S)N[C@H]1c1ccccc1OCC(=O)NN=Cc1cccs1. The van der Waals surface area contributed by atoms with E-state index < -0.39 is 17.9 Å². The molecule has 1 atom stereocenters. The number of esters is 1. The van der Waals surface area contributed by atoms with Crippen molar-refractivity contribution in [1.82, 2.24) is 16.1 Å². The topological polar surface area (TPSA) is 101 Å². The molecule has 0 spiro atoms. The Kier molecular flexibility index (Phi) is 7.74. The highest BCUT2D eigenvalue weighted by Gasteiger charge is 2.32. The molecule has 0 aliphatic carbocycles. The third-order valence-corrected chi connectivity index (χ3v) is 5.30. The zero-order valence-corrected chi connectivity index (χ0v) is 18.6. The highest BCUT2D eigenvalue weighted by atomic mass is 32.1. The van der Waals surface area contributed by atoms with Crippen LogP contribution in [0.5, 0.6) is 5.75 Å². The number of para-hydroxylation sites is 1. The van der Waals surface area contributed by atoms with Crippen LogP contribution in [0.2, 0.25) is 0 Å². The fourth-order valence-corrected chi connectivity index (χ4v) is 3.82. The van der Waals surface area contributed by atoms with Crippen LogP contribution in [-0.2, 0) is 14.3 Å². The van der Waals surface area contributed by atoms with E-state index in [0.717, 1.165) is 4.88 Å². The van der Waals surface area contributed by atoms with E-state index in [1.165, 1.54) is 11.3 Å². The van der Waals surface area contributed by atoms with Crippen LogP contribution in [0, 0.1) is 0 Å². The molecule has 0 fully saturated rings. The molecule has 1 amide bonds. The van der Waals surface area contributed by atoms with Crippen molar-refractivity contribution in [3.8, 4) is 5.75 Å². The Labute approximate surface area is 189 Å². The molecule has 31 heavy (non-hydrogen) atoms. The summed E-state index contributed by atoms with van der Waals surface area (Å²) in [4.78, 5) is 25.6. The molecule has 0 saturated heterocycles. The molecule has 1 aromatic carbocycles. The number of hydrogen-bond acceptors (Lipinski definition) is 7. The number of thiocarbonyl (C=S) groups is 1. The lowest BCUT2D eigenvalue weighted by Gasteiger charge is -2.30. The van der Waals surface area contributed by atoms with Gasteiger partial charge in [-0.3, -0.25) is 4.79 Å². The number of carbonyl (C=O) groups excluding carboxylic acids is 2. The van der Waals surface area contributed by atoms with Gasteiger partial charge in [-0.05, 0) is 43.6 Å². The van der Waals surface area contributed by atoms with Crippen LogP contribution in [0.25, 0.3) is 0 Å². The number of benzene rings is 1. The van der Waals surface area contributed by atoms with Gasteiger partial charge in [0.05, 0.1) is 24.4 Å². The monoisotopic (exact) mass is 458 g/mol. The fourth-order valence-electron chi connectivity index (χ4n) is 2.97. The molecule has 0 saturated carbocycles.